The van der Waals surface area contributed by atoms with Crippen LogP contribution in [0.3, 0.4) is 0 Å². The number of unbranched alkanes of at least 4 members (excludes halogenated alkanes) is 3. The summed E-state index contributed by atoms with van der Waals surface area (Å²) in [5.41, 5.74) is 0. The van der Waals surface area contributed by atoms with Crippen LogP contribution in [0.1, 0.15) is 59.3 Å². The Labute approximate surface area is 158 Å². The summed E-state index contributed by atoms with van der Waals surface area (Å²) < 4.78 is 46.2. The predicted molar refractivity (Wildman–Crippen MR) is 101 cm³/mol. The van der Waals surface area contributed by atoms with Crippen LogP contribution in [0.4, 0.5) is 13.2 Å². The molecule has 0 aliphatic heterocycles. The second-order valence-electron chi connectivity index (χ2n) is 6.54. The molecule has 0 aromatic heterocycles. The molecule has 0 amide bonds. The summed E-state index contributed by atoms with van der Waals surface area (Å²) in [7, 11) is 0. The standard InChI is InChI=1S/C6Cl2F3.3C4H9.Sn/c7-4-2(9)1-3(10)5(8)6(4)11;3*1-3-4-2;/h;3*1,3-4H2,2H3;. The average molecular weight is 490 g/mol. The van der Waals surface area contributed by atoms with Crippen LogP contribution in [0.15, 0.2) is 0 Å². The molecule has 0 radical (unpaired) electrons. The first-order valence-electron chi connectivity index (χ1n) is 8.88. The number of hydrogen-bond donors (Lipinski definition) is 0. The first kappa shape index (κ1) is 22.4. The van der Waals surface area contributed by atoms with Gasteiger partial charge in [-0.25, -0.2) is 0 Å². The van der Waals surface area contributed by atoms with Crippen LogP contribution < -0.4 is 3.58 Å². The summed E-state index contributed by atoms with van der Waals surface area (Å²) in [4.78, 5) is 0. The Morgan fingerprint density at radius 1 is 0.667 bits per heavy atom. The summed E-state index contributed by atoms with van der Waals surface area (Å²) in [5, 5.41) is -1.30. The summed E-state index contributed by atoms with van der Waals surface area (Å²) >= 11 is 8.18. The second-order valence-corrected chi connectivity index (χ2v) is 20.3. The topological polar surface area (TPSA) is 0 Å². The SMILES string of the molecule is CCC[CH2][Sn]([CH2]CCC)([CH2]CCC)[c]1c(F)c(Cl)c(F)c(Cl)c1F. The van der Waals surface area contributed by atoms with Gasteiger partial charge in [0.25, 0.3) is 0 Å². The number of hydrogen-bond acceptors (Lipinski definition) is 0. The van der Waals surface area contributed by atoms with E-state index in [0.29, 0.717) is 0 Å². The van der Waals surface area contributed by atoms with E-state index < -0.39 is 45.9 Å². The van der Waals surface area contributed by atoms with Crippen LogP contribution in [-0.4, -0.2) is 18.4 Å². The molecule has 6 heteroatoms. The van der Waals surface area contributed by atoms with Crippen LogP contribution in [0.2, 0.25) is 23.4 Å². The molecule has 0 N–H and O–H groups in total. The Balaban J connectivity index is 3.56. The van der Waals surface area contributed by atoms with E-state index in [-0.39, 0.29) is 3.58 Å². The van der Waals surface area contributed by atoms with Gasteiger partial charge in [-0.05, 0) is 0 Å². The summed E-state index contributed by atoms with van der Waals surface area (Å²) in [6.07, 6.45) is 5.74. The first-order chi connectivity index (χ1) is 11.4. The Bertz CT molecular complexity index is 499. The van der Waals surface area contributed by atoms with E-state index in [1.54, 1.807) is 0 Å². The minimum atomic E-state index is -3.42. The van der Waals surface area contributed by atoms with Gasteiger partial charge in [-0.15, -0.1) is 0 Å². The molecule has 24 heavy (non-hydrogen) atoms. The molecule has 1 aromatic rings. The van der Waals surface area contributed by atoms with Gasteiger partial charge in [-0.3, -0.25) is 0 Å². The third-order valence-electron chi connectivity index (χ3n) is 4.77. The second kappa shape index (κ2) is 10.5. The van der Waals surface area contributed by atoms with Crippen LogP contribution in [0.25, 0.3) is 0 Å². The van der Waals surface area contributed by atoms with Crippen molar-refractivity contribution < 1.29 is 13.2 Å². The molecule has 0 heterocycles. The molecule has 0 nitrogen and oxygen atoms in total. The van der Waals surface area contributed by atoms with Crippen LogP contribution >= 0.6 is 23.2 Å². The zero-order chi connectivity index (χ0) is 18.3. The number of benzene rings is 1. The monoisotopic (exact) mass is 490 g/mol. The number of halogens is 5. The molecule has 0 bridgehead atoms. The molecular weight excluding hydrogens is 463 g/mol. The fourth-order valence-electron chi connectivity index (χ4n) is 3.37. The van der Waals surface area contributed by atoms with Gasteiger partial charge < -0.3 is 0 Å². The van der Waals surface area contributed by atoms with Crippen LogP contribution in [0.5, 0.6) is 0 Å². The minimum absolute atomic E-state index is 0.0936. The zero-order valence-electron chi connectivity index (χ0n) is 14.8. The van der Waals surface area contributed by atoms with Crippen LogP contribution in [-0.2, 0) is 0 Å². The molecule has 0 aliphatic carbocycles. The maximum absolute atomic E-state index is 14.9. The van der Waals surface area contributed by atoms with Crippen molar-refractivity contribution >= 4 is 45.2 Å². The summed E-state index contributed by atoms with van der Waals surface area (Å²) in [6.45, 7) is 6.23. The fourth-order valence-corrected chi connectivity index (χ4v) is 20.7. The van der Waals surface area contributed by atoms with Crippen molar-refractivity contribution in [1.82, 2.24) is 0 Å². The Morgan fingerprint density at radius 3 is 1.29 bits per heavy atom. The van der Waals surface area contributed by atoms with E-state index in [1.807, 2.05) is 0 Å². The predicted octanol–water partition coefficient (Wildman–Crippen LogP) is 7.47. The van der Waals surface area contributed by atoms with Crippen molar-refractivity contribution in [2.24, 2.45) is 0 Å². The third-order valence-corrected chi connectivity index (χ3v) is 20.9. The Hall–Kier alpha value is 0.389. The Morgan fingerprint density at radius 2 is 1.00 bits per heavy atom. The zero-order valence-corrected chi connectivity index (χ0v) is 19.1. The molecule has 0 aliphatic rings. The molecular formula is C18H27Cl2F3Sn. The molecule has 0 fully saturated rings. The molecule has 0 unspecified atom stereocenters. The molecule has 1 aromatic carbocycles. The van der Waals surface area contributed by atoms with Gasteiger partial charge in [0.2, 0.25) is 0 Å². The Kier molecular flexibility index (Phi) is 9.83. The normalized spacial score (nSPS) is 12.0. The van der Waals surface area contributed by atoms with E-state index in [2.05, 4.69) is 20.8 Å². The first-order valence-corrected chi connectivity index (χ1v) is 17.1. The van der Waals surface area contributed by atoms with E-state index >= 15 is 0 Å². The van der Waals surface area contributed by atoms with Crippen molar-refractivity contribution in [2.75, 3.05) is 0 Å². The van der Waals surface area contributed by atoms with E-state index in [0.717, 1.165) is 51.8 Å². The van der Waals surface area contributed by atoms with Gasteiger partial charge in [-0.2, -0.15) is 0 Å². The van der Waals surface area contributed by atoms with Gasteiger partial charge in [0.05, 0.1) is 0 Å². The van der Waals surface area contributed by atoms with Gasteiger partial charge in [0.15, 0.2) is 0 Å². The average Bonchev–Trinajstić information content (AvgIpc) is 2.59. The van der Waals surface area contributed by atoms with Gasteiger partial charge >= 0.3 is 158 Å². The van der Waals surface area contributed by atoms with Gasteiger partial charge in [0, 0.05) is 0 Å². The van der Waals surface area contributed by atoms with Gasteiger partial charge in [0.1, 0.15) is 0 Å². The molecule has 138 valence electrons. The van der Waals surface area contributed by atoms with Crippen molar-refractivity contribution in [3.8, 4) is 0 Å². The van der Waals surface area contributed by atoms with Crippen molar-refractivity contribution in [2.45, 2.75) is 72.6 Å². The van der Waals surface area contributed by atoms with E-state index in [1.165, 1.54) is 0 Å². The number of rotatable bonds is 10. The van der Waals surface area contributed by atoms with Crippen LogP contribution in [0, 0.1) is 17.5 Å². The summed E-state index contributed by atoms with van der Waals surface area (Å²) in [5.74, 6) is -2.97. The van der Waals surface area contributed by atoms with Gasteiger partial charge in [-0.1, -0.05) is 0 Å². The molecule has 1 rings (SSSR count). The van der Waals surface area contributed by atoms with E-state index in [9.17, 15) is 13.2 Å². The molecule has 0 atom stereocenters. The maximum atomic E-state index is 14.9. The molecule has 0 saturated heterocycles. The van der Waals surface area contributed by atoms with Crippen molar-refractivity contribution in [3.05, 3.63) is 27.5 Å². The fraction of sp³-hybridized carbons (Fsp3) is 0.667. The van der Waals surface area contributed by atoms with Crippen molar-refractivity contribution in [3.63, 3.8) is 0 Å². The molecule has 0 spiro atoms. The quantitative estimate of drug-likeness (QED) is 0.182. The van der Waals surface area contributed by atoms with Crippen molar-refractivity contribution in [1.29, 1.82) is 0 Å². The summed E-state index contributed by atoms with van der Waals surface area (Å²) in [6, 6.07) is 0. The molecule has 0 saturated carbocycles. The van der Waals surface area contributed by atoms with E-state index in [4.69, 9.17) is 23.2 Å². The third kappa shape index (κ3) is 4.97.